The number of hydrogen-bond acceptors (Lipinski definition) is 4. The van der Waals surface area contributed by atoms with Crippen LogP contribution in [0.2, 0.25) is 0 Å². The molecule has 0 N–H and O–H groups in total. The molecule has 0 radical (unpaired) electrons. The van der Waals surface area contributed by atoms with Crippen LogP contribution in [0.25, 0.3) is 100.0 Å². The van der Waals surface area contributed by atoms with E-state index in [1.54, 1.807) is 0 Å². The van der Waals surface area contributed by atoms with E-state index in [1.165, 1.54) is 111 Å². The Kier molecular flexibility index (Phi) is 7.82. The molecule has 11 aromatic carbocycles. The Bertz CT molecular complexity index is 4190. The van der Waals surface area contributed by atoms with E-state index in [0.717, 1.165) is 22.7 Å². The summed E-state index contributed by atoms with van der Waals surface area (Å²) in [6.45, 7) is 0. The number of rotatable bonds is 6. The van der Waals surface area contributed by atoms with Crippen LogP contribution in [-0.4, -0.2) is 4.40 Å². The molecule has 0 amide bonds. The first-order chi connectivity index (χ1) is 33.2. The molecule has 0 saturated carbocycles. The van der Waals surface area contributed by atoms with E-state index in [1.807, 2.05) is 22.7 Å². The lowest BCUT2D eigenvalue weighted by Crippen LogP contribution is -2.11. The zero-order valence-electron chi connectivity index (χ0n) is 36.0. The molecule has 0 aliphatic carbocycles. The summed E-state index contributed by atoms with van der Waals surface area (Å²) in [5, 5.41) is 14.9. The molecule has 0 bridgehead atoms. The molecule has 0 fully saturated rings. The van der Waals surface area contributed by atoms with Crippen molar-refractivity contribution in [3.63, 3.8) is 0 Å². The third kappa shape index (κ3) is 5.32. The van der Waals surface area contributed by atoms with Gasteiger partial charge in [0.2, 0.25) is 0 Å². The fraction of sp³-hybridized carbons (Fsp3) is 0. The highest BCUT2D eigenvalue weighted by Crippen LogP contribution is 2.54. The maximum Gasteiger partial charge on any atom is 0.0640 e. The van der Waals surface area contributed by atoms with Gasteiger partial charge in [0, 0.05) is 95.4 Å². The SMILES string of the molecule is c1ccc(N(c2ccc3sc4ccccc4c3c2)c2c3ccccc3cc3c2c2cccc4c5c(N(c6ccccc6)c6ccc7sc8ccccc8c7c6)c6ccccc6cc5n3c24)cc1. The van der Waals surface area contributed by atoms with Gasteiger partial charge in [-0.25, -0.2) is 0 Å². The molecule has 0 unspecified atom stereocenters. The van der Waals surface area contributed by atoms with Gasteiger partial charge in [-0.15, -0.1) is 22.7 Å². The minimum atomic E-state index is 1.12. The molecule has 0 aliphatic rings. The van der Waals surface area contributed by atoms with Gasteiger partial charge in [0.05, 0.1) is 27.9 Å². The van der Waals surface area contributed by atoms with Crippen molar-refractivity contribution in [3.8, 4) is 0 Å². The Morgan fingerprint density at radius 3 is 1.15 bits per heavy atom. The third-order valence-corrected chi connectivity index (χ3v) is 16.3. The molecular weight excluding hydrogens is 851 g/mol. The Balaban J connectivity index is 1.08. The Morgan fingerprint density at radius 2 is 0.672 bits per heavy atom. The van der Waals surface area contributed by atoms with Gasteiger partial charge in [0.15, 0.2) is 0 Å². The van der Waals surface area contributed by atoms with Crippen LogP contribution in [0.1, 0.15) is 0 Å². The zero-order chi connectivity index (χ0) is 43.7. The quantitative estimate of drug-likeness (QED) is 0.165. The van der Waals surface area contributed by atoms with E-state index < -0.39 is 0 Å². The summed E-state index contributed by atoms with van der Waals surface area (Å²) >= 11 is 3.73. The molecule has 0 saturated heterocycles. The van der Waals surface area contributed by atoms with Crippen LogP contribution < -0.4 is 9.80 Å². The van der Waals surface area contributed by atoms with Gasteiger partial charge in [-0.1, -0.05) is 140 Å². The summed E-state index contributed by atoms with van der Waals surface area (Å²) in [4.78, 5) is 5.03. The van der Waals surface area contributed by atoms with Crippen molar-refractivity contribution in [2.45, 2.75) is 0 Å². The second kappa shape index (κ2) is 14.1. The summed E-state index contributed by atoms with van der Waals surface area (Å²) in [5.74, 6) is 0. The highest BCUT2D eigenvalue weighted by molar-refractivity contribution is 7.26. The highest BCUT2D eigenvalue weighted by atomic mass is 32.1. The number of thiophene rings is 2. The van der Waals surface area contributed by atoms with Crippen LogP contribution in [0.3, 0.4) is 0 Å². The molecule has 312 valence electrons. The predicted molar refractivity (Wildman–Crippen MR) is 291 cm³/mol. The monoisotopic (exact) mass is 887 g/mol. The fourth-order valence-electron chi connectivity index (χ4n) is 11.2. The Labute approximate surface area is 393 Å². The zero-order valence-corrected chi connectivity index (χ0v) is 37.7. The number of anilines is 6. The molecule has 4 heterocycles. The average Bonchev–Trinajstić information content (AvgIpc) is 4.14. The maximum absolute atomic E-state index is 2.58. The molecule has 4 aromatic heterocycles. The first kappa shape index (κ1) is 37.0. The van der Waals surface area contributed by atoms with E-state index in [4.69, 9.17) is 0 Å². The summed E-state index contributed by atoms with van der Waals surface area (Å²) in [7, 11) is 0. The van der Waals surface area contributed by atoms with Gasteiger partial charge in [0.1, 0.15) is 0 Å². The molecule has 0 spiro atoms. The van der Waals surface area contributed by atoms with E-state index in [9.17, 15) is 0 Å². The Hall–Kier alpha value is -8.22. The summed E-state index contributed by atoms with van der Waals surface area (Å²) in [5.41, 5.74) is 10.5. The van der Waals surface area contributed by atoms with Crippen molar-refractivity contribution in [2.75, 3.05) is 9.80 Å². The number of benzene rings is 11. The van der Waals surface area contributed by atoms with Crippen molar-refractivity contribution in [3.05, 3.63) is 224 Å². The predicted octanol–water partition coefficient (Wildman–Crippen LogP) is 18.8. The standard InChI is InChI=1S/C62H37N3S2/c1-3-18-40(19-4-1)63(42-30-32-56-50(36-42)46-24-11-13-28-54(46)66-56)61-44-22-9-7-16-38(44)34-52-58(61)48-26-15-27-49-59-53(65(52)60(48)49)35-39-17-8-10-23-45(39)62(59)64(41-20-5-2-6-21-41)43-31-33-57-51(37-43)47-25-12-14-29-55(47)67-57/h1-37H. The molecule has 0 atom stereocenters. The first-order valence-electron chi connectivity index (χ1n) is 22.8. The topological polar surface area (TPSA) is 10.9 Å². The smallest absolute Gasteiger partial charge is 0.0640 e. The first-order valence-corrected chi connectivity index (χ1v) is 24.5. The van der Waals surface area contributed by atoms with Gasteiger partial charge < -0.3 is 14.2 Å². The van der Waals surface area contributed by atoms with Crippen molar-refractivity contribution in [1.82, 2.24) is 4.40 Å². The summed E-state index contributed by atoms with van der Waals surface area (Å²) < 4.78 is 7.79. The van der Waals surface area contributed by atoms with Crippen LogP contribution in [0.15, 0.2) is 224 Å². The molecule has 0 aliphatic heterocycles. The third-order valence-electron chi connectivity index (χ3n) is 14.0. The fourth-order valence-corrected chi connectivity index (χ4v) is 13.4. The van der Waals surface area contributed by atoms with E-state index >= 15 is 0 Å². The molecular formula is C62H37N3S2. The van der Waals surface area contributed by atoms with Crippen LogP contribution in [-0.2, 0) is 0 Å². The van der Waals surface area contributed by atoms with E-state index in [-0.39, 0.29) is 0 Å². The molecule has 5 heteroatoms. The molecule has 67 heavy (non-hydrogen) atoms. The van der Waals surface area contributed by atoms with Crippen LogP contribution in [0.5, 0.6) is 0 Å². The van der Waals surface area contributed by atoms with Gasteiger partial charge in [0.25, 0.3) is 0 Å². The minimum absolute atomic E-state index is 1.12. The summed E-state index contributed by atoms with van der Waals surface area (Å²) in [6, 6.07) is 83.3. The lowest BCUT2D eigenvalue weighted by Gasteiger charge is -2.29. The van der Waals surface area contributed by atoms with Crippen LogP contribution in [0, 0.1) is 0 Å². The van der Waals surface area contributed by atoms with Gasteiger partial charge in [-0.05, 0) is 95.7 Å². The number of nitrogens with zero attached hydrogens (tertiary/aromatic N) is 3. The van der Waals surface area contributed by atoms with Crippen molar-refractivity contribution < 1.29 is 0 Å². The number of hydrogen-bond donors (Lipinski definition) is 0. The number of para-hydroxylation sites is 3. The normalized spacial score (nSPS) is 12.2. The minimum Gasteiger partial charge on any atom is -0.309 e. The average molecular weight is 888 g/mol. The second-order valence-corrected chi connectivity index (χ2v) is 19.8. The lowest BCUT2D eigenvalue weighted by molar-refractivity contribution is 1.31. The van der Waals surface area contributed by atoms with Crippen LogP contribution >= 0.6 is 22.7 Å². The van der Waals surface area contributed by atoms with E-state index in [0.29, 0.717) is 0 Å². The number of fused-ring (bicyclic) bond motifs is 14. The highest BCUT2D eigenvalue weighted by Gasteiger charge is 2.29. The second-order valence-electron chi connectivity index (χ2n) is 17.6. The van der Waals surface area contributed by atoms with Crippen molar-refractivity contribution >= 4 is 157 Å². The van der Waals surface area contributed by atoms with Crippen molar-refractivity contribution in [2.24, 2.45) is 0 Å². The molecule has 15 rings (SSSR count). The van der Waals surface area contributed by atoms with Gasteiger partial charge in [-0.3, -0.25) is 0 Å². The maximum atomic E-state index is 2.58. The van der Waals surface area contributed by atoms with Crippen LogP contribution in [0.4, 0.5) is 34.1 Å². The van der Waals surface area contributed by atoms with Gasteiger partial charge >= 0.3 is 0 Å². The molecule has 3 nitrogen and oxygen atoms in total. The number of aromatic nitrogens is 1. The van der Waals surface area contributed by atoms with E-state index in [2.05, 4.69) is 239 Å². The molecule has 15 aromatic rings. The largest absolute Gasteiger partial charge is 0.309 e. The summed E-state index contributed by atoms with van der Waals surface area (Å²) in [6.07, 6.45) is 0. The van der Waals surface area contributed by atoms with Gasteiger partial charge in [-0.2, -0.15) is 0 Å². The Morgan fingerprint density at radius 1 is 0.284 bits per heavy atom. The lowest BCUT2D eigenvalue weighted by atomic mass is 9.97. The van der Waals surface area contributed by atoms with Crippen molar-refractivity contribution in [1.29, 1.82) is 0 Å².